The Balaban J connectivity index is 2.59. The van der Waals surface area contributed by atoms with E-state index in [0.717, 1.165) is 9.21 Å². The van der Waals surface area contributed by atoms with Crippen LogP contribution in [0, 0.1) is 0 Å². The molecule has 0 spiro atoms. The summed E-state index contributed by atoms with van der Waals surface area (Å²) in [5.41, 5.74) is 5.43. The Morgan fingerprint density at radius 1 is 1.57 bits per heavy atom. The van der Waals surface area contributed by atoms with Gasteiger partial charge >= 0.3 is 0 Å². The summed E-state index contributed by atoms with van der Waals surface area (Å²) in [4.78, 5) is 12.3. The lowest BCUT2D eigenvalue weighted by Gasteiger charge is -2.13. The molecular formula is C9H13ClN2OS. The van der Waals surface area contributed by atoms with Crippen LogP contribution in [0.25, 0.3) is 0 Å². The van der Waals surface area contributed by atoms with Crippen molar-refractivity contribution < 1.29 is 4.79 Å². The highest BCUT2D eigenvalue weighted by Gasteiger charge is 2.13. The summed E-state index contributed by atoms with van der Waals surface area (Å²) < 4.78 is 0.724. The summed E-state index contributed by atoms with van der Waals surface area (Å²) in [5.74, 6) is -0.151. The van der Waals surface area contributed by atoms with Crippen molar-refractivity contribution in [2.75, 3.05) is 0 Å². The lowest BCUT2D eigenvalue weighted by molar-refractivity contribution is -0.122. The Hall–Kier alpha value is -0.580. The summed E-state index contributed by atoms with van der Waals surface area (Å²) in [7, 11) is 0. The molecule has 0 saturated heterocycles. The van der Waals surface area contributed by atoms with Gasteiger partial charge in [0, 0.05) is 4.88 Å². The zero-order valence-corrected chi connectivity index (χ0v) is 9.65. The molecule has 14 heavy (non-hydrogen) atoms. The molecular weight excluding hydrogens is 220 g/mol. The minimum atomic E-state index is -0.479. The Bertz CT molecular complexity index is 324. The first kappa shape index (κ1) is 11.5. The van der Waals surface area contributed by atoms with E-state index in [1.54, 1.807) is 6.92 Å². The van der Waals surface area contributed by atoms with Crippen molar-refractivity contribution in [1.29, 1.82) is 0 Å². The molecule has 1 amide bonds. The van der Waals surface area contributed by atoms with Crippen LogP contribution in [0.3, 0.4) is 0 Å². The number of hydrogen-bond donors (Lipinski definition) is 2. The number of nitrogens with two attached hydrogens (primary N) is 1. The van der Waals surface area contributed by atoms with Gasteiger partial charge in [0.1, 0.15) is 0 Å². The molecule has 0 aliphatic carbocycles. The Morgan fingerprint density at radius 2 is 2.21 bits per heavy atom. The fraction of sp³-hybridized carbons (Fsp3) is 0.444. The number of carbonyl (C=O) groups is 1. The molecule has 0 aliphatic rings. The topological polar surface area (TPSA) is 55.1 Å². The van der Waals surface area contributed by atoms with Crippen molar-refractivity contribution in [2.45, 2.75) is 25.9 Å². The predicted octanol–water partition coefficient (Wildman–Crippen LogP) is 1.93. The molecule has 1 rings (SSSR count). The number of nitrogens with one attached hydrogen (secondary N) is 1. The van der Waals surface area contributed by atoms with E-state index in [1.165, 1.54) is 11.3 Å². The van der Waals surface area contributed by atoms with Crippen LogP contribution in [0.15, 0.2) is 12.1 Å². The van der Waals surface area contributed by atoms with Gasteiger partial charge in [-0.15, -0.1) is 11.3 Å². The quantitative estimate of drug-likeness (QED) is 0.837. The van der Waals surface area contributed by atoms with Crippen LogP contribution >= 0.6 is 22.9 Å². The van der Waals surface area contributed by atoms with E-state index in [1.807, 2.05) is 19.1 Å². The van der Waals surface area contributed by atoms with Gasteiger partial charge in [0.05, 0.1) is 16.4 Å². The normalized spacial score (nSPS) is 14.9. The van der Waals surface area contributed by atoms with Gasteiger partial charge in [-0.1, -0.05) is 11.6 Å². The van der Waals surface area contributed by atoms with E-state index < -0.39 is 6.04 Å². The fourth-order valence-electron chi connectivity index (χ4n) is 0.977. The number of hydrogen-bond acceptors (Lipinski definition) is 3. The third kappa shape index (κ3) is 2.97. The Kier molecular flexibility index (Phi) is 3.92. The average Bonchev–Trinajstić information content (AvgIpc) is 2.51. The summed E-state index contributed by atoms with van der Waals surface area (Å²) in [6.07, 6.45) is 0. The molecule has 0 bridgehead atoms. The summed E-state index contributed by atoms with van der Waals surface area (Å²) in [6.45, 7) is 3.56. The number of rotatable bonds is 3. The van der Waals surface area contributed by atoms with E-state index in [2.05, 4.69) is 5.32 Å². The molecule has 3 N–H and O–H groups in total. The van der Waals surface area contributed by atoms with Crippen LogP contribution in [0.5, 0.6) is 0 Å². The molecule has 2 atom stereocenters. The first-order chi connectivity index (χ1) is 6.50. The second-order valence-corrected chi connectivity index (χ2v) is 4.91. The second kappa shape index (κ2) is 4.77. The van der Waals surface area contributed by atoms with Gasteiger partial charge in [-0.3, -0.25) is 4.79 Å². The van der Waals surface area contributed by atoms with Gasteiger partial charge in [0.25, 0.3) is 0 Å². The van der Waals surface area contributed by atoms with Crippen molar-refractivity contribution in [3.63, 3.8) is 0 Å². The van der Waals surface area contributed by atoms with Gasteiger partial charge in [-0.25, -0.2) is 0 Å². The van der Waals surface area contributed by atoms with Crippen molar-refractivity contribution >= 4 is 28.8 Å². The average molecular weight is 233 g/mol. The first-order valence-electron chi connectivity index (χ1n) is 4.32. The monoisotopic (exact) mass is 232 g/mol. The molecule has 0 radical (unpaired) electrons. The van der Waals surface area contributed by atoms with Crippen LogP contribution in [-0.2, 0) is 4.79 Å². The third-order valence-electron chi connectivity index (χ3n) is 1.79. The van der Waals surface area contributed by atoms with E-state index in [0.29, 0.717) is 0 Å². The molecule has 5 heteroatoms. The molecule has 1 aromatic heterocycles. The van der Waals surface area contributed by atoms with Gasteiger partial charge in [0.15, 0.2) is 0 Å². The third-order valence-corrected chi connectivity index (χ3v) is 3.21. The maximum Gasteiger partial charge on any atom is 0.237 e. The van der Waals surface area contributed by atoms with E-state index in [9.17, 15) is 4.79 Å². The van der Waals surface area contributed by atoms with Crippen LogP contribution in [-0.4, -0.2) is 11.9 Å². The minimum absolute atomic E-state index is 0.0361. The highest BCUT2D eigenvalue weighted by molar-refractivity contribution is 7.16. The zero-order valence-electron chi connectivity index (χ0n) is 8.08. The van der Waals surface area contributed by atoms with Crippen LogP contribution in [0.2, 0.25) is 4.34 Å². The maximum atomic E-state index is 11.3. The molecule has 1 heterocycles. The largest absolute Gasteiger partial charge is 0.347 e. The molecule has 0 saturated carbocycles. The number of carbonyl (C=O) groups excluding carboxylic acids is 1. The van der Waals surface area contributed by atoms with Gasteiger partial charge in [-0.2, -0.15) is 0 Å². The number of amides is 1. The van der Waals surface area contributed by atoms with Gasteiger partial charge in [0.2, 0.25) is 5.91 Å². The molecule has 3 nitrogen and oxygen atoms in total. The van der Waals surface area contributed by atoms with Crippen molar-refractivity contribution in [1.82, 2.24) is 5.32 Å². The van der Waals surface area contributed by atoms with Crippen molar-refractivity contribution in [2.24, 2.45) is 5.73 Å². The summed E-state index contributed by atoms with van der Waals surface area (Å²) in [5, 5.41) is 2.80. The van der Waals surface area contributed by atoms with Crippen LogP contribution in [0.1, 0.15) is 24.8 Å². The lowest BCUT2D eigenvalue weighted by atomic mass is 10.2. The molecule has 78 valence electrons. The molecule has 0 aliphatic heterocycles. The van der Waals surface area contributed by atoms with E-state index in [4.69, 9.17) is 17.3 Å². The number of halogens is 1. The van der Waals surface area contributed by atoms with E-state index >= 15 is 0 Å². The van der Waals surface area contributed by atoms with Crippen molar-refractivity contribution in [3.05, 3.63) is 21.3 Å². The smallest absolute Gasteiger partial charge is 0.237 e. The second-order valence-electron chi connectivity index (χ2n) is 3.16. The Labute approximate surface area is 92.3 Å². The SMILES string of the molecule is CC(NC(=O)[C@@H](C)N)c1ccc(Cl)s1. The van der Waals surface area contributed by atoms with Crippen LogP contribution < -0.4 is 11.1 Å². The molecule has 1 aromatic rings. The fourth-order valence-corrected chi connectivity index (χ4v) is 2.04. The molecule has 0 aromatic carbocycles. The standard InChI is InChI=1S/C9H13ClN2OS/c1-5(11)9(13)12-6(2)7-3-4-8(10)14-7/h3-6H,11H2,1-2H3,(H,12,13)/t5-,6?/m1/s1. The molecule has 1 unspecified atom stereocenters. The van der Waals surface area contributed by atoms with Gasteiger partial charge in [-0.05, 0) is 26.0 Å². The predicted molar refractivity (Wildman–Crippen MR) is 59.5 cm³/mol. The zero-order chi connectivity index (χ0) is 10.7. The van der Waals surface area contributed by atoms with Gasteiger partial charge < -0.3 is 11.1 Å². The number of thiophene rings is 1. The lowest BCUT2D eigenvalue weighted by Crippen LogP contribution is -2.39. The summed E-state index contributed by atoms with van der Waals surface area (Å²) >= 11 is 7.24. The summed E-state index contributed by atoms with van der Waals surface area (Å²) in [6, 6.07) is 3.20. The van der Waals surface area contributed by atoms with Crippen LogP contribution in [0.4, 0.5) is 0 Å². The Morgan fingerprint density at radius 3 is 2.64 bits per heavy atom. The minimum Gasteiger partial charge on any atom is -0.347 e. The highest BCUT2D eigenvalue weighted by atomic mass is 35.5. The highest BCUT2D eigenvalue weighted by Crippen LogP contribution is 2.26. The van der Waals surface area contributed by atoms with Crippen molar-refractivity contribution in [3.8, 4) is 0 Å². The molecule has 0 fully saturated rings. The van der Waals surface area contributed by atoms with E-state index in [-0.39, 0.29) is 11.9 Å². The maximum absolute atomic E-state index is 11.3. The first-order valence-corrected chi connectivity index (χ1v) is 5.51.